The van der Waals surface area contributed by atoms with Gasteiger partial charge in [0.15, 0.2) is 0 Å². The number of carbonyl (C=O) groups is 1. The van der Waals surface area contributed by atoms with Crippen molar-refractivity contribution < 1.29 is 9.53 Å². The van der Waals surface area contributed by atoms with Gasteiger partial charge in [0.2, 0.25) is 0 Å². The van der Waals surface area contributed by atoms with Crippen LogP contribution in [0.3, 0.4) is 0 Å². The van der Waals surface area contributed by atoms with E-state index in [4.69, 9.17) is 16.2 Å². The van der Waals surface area contributed by atoms with Crippen molar-refractivity contribution in [2.24, 2.45) is 17.4 Å². The van der Waals surface area contributed by atoms with E-state index in [1.165, 1.54) is 19.3 Å². The van der Waals surface area contributed by atoms with E-state index in [0.29, 0.717) is 24.8 Å². The molecule has 2 amide bonds. The van der Waals surface area contributed by atoms with Crippen molar-refractivity contribution >= 4 is 11.7 Å². The van der Waals surface area contributed by atoms with E-state index in [-0.39, 0.29) is 0 Å². The topological polar surface area (TPSA) is 90.4 Å². The Labute approximate surface area is 120 Å². The summed E-state index contributed by atoms with van der Waals surface area (Å²) in [6, 6.07) is 6.57. The Kier molecular flexibility index (Phi) is 7.50. The van der Waals surface area contributed by atoms with Crippen molar-refractivity contribution in [3.05, 3.63) is 24.3 Å². The molecule has 0 aliphatic carbocycles. The molecule has 1 atom stereocenters. The largest absolute Gasteiger partial charge is 0.493 e. The van der Waals surface area contributed by atoms with E-state index in [1.807, 2.05) is 12.1 Å². The molecule has 5 N–H and O–H groups in total. The Morgan fingerprint density at radius 2 is 2.00 bits per heavy atom. The number of nitrogens with two attached hydrogens (primary N) is 2. The zero-order chi connectivity index (χ0) is 14.8. The van der Waals surface area contributed by atoms with Gasteiger partial charge in [0.25, 0.3) is 0 Å². The third-order valence-electron chi connectivity index (χ3n) is 3.16. The lowest BCUT2D eigenvalue weighted by atomic mass is 10.0. The Morgan fingerprint density at radius 3 is 2.55 bits per heavy atom. The number of amides is 2. The van der Waals surface area contributed by atoms with Gasteiger partial charge in [-0.3, -0.25) is 0 Å². The molecule has 0 saturated heterocycles. The molecule has 0 fully saturated rings. The summed E-state index contributed by atoms with van der Waals surface area (Å²) in [5.74, 6) is 1.17. The highest BCUT2D eigenvalue weighted by Gasteiger charge is 2.07. The summed E-state index contributed by atoms with van der Waals surface area (Å²) in [5.41, 5.74) is 11.5. The smallest absolute Gasteiger partial charge is 0.316 e. The van der Waals surface area contributed by atoms with Crippen LogP contribution in [0.25, 0.3) is 0 Å². The SMILES string of the molecule is CCCCCC(CN)COc1ccc(NC(N)=O)cc1. The summed E-state index contributed by atoms with van der Waals surface area (Å²) in [7, 11) is 0. The highest BCUT2D eigenvalue weighted by atomic mass is 16.5. The number of hydrogen-bond acceptors (Lipinski definition) is 3. The average molecular weight is 279 g/mol. The van der Waals surface area contributed by atoms with Crippen LogP contribution in [-0.2, 0) is 0 Å². The maximum atomic E-state index is 10.7. The maximum Gasteiger partial charge on any atom is 0.316 e. The third-order valence-corrected chi connectivity index (χ3v) is 3.16. The molecule has 1 unspecified atom stereocenters. The molecule has 0 spiro atoms. The van der Waals surface area contributed by atoms with Crippen LogP contribution in [0, 0.1) is 5.92 Å². The van der Waals surface area contributed by atoms with Gasteiger partial charge in [-0.15, -0.1) is 0 Å². The van der Waals surface area contributed by atoms with E-state index in [2.05, 4.69) is 12.2 Å². The number of unbranched alkanes of at least 4 members (excludes halogenated alkanes) is 2. The van der Waals surface area contributed by atoms with Gasteiger partial charge in [-0.1, -0.05) is 26.2 Å². The molecular weight excluding hydrogens is 254 g/mol. The number of hydrogen-bond donors (Lipinski definition) is 3. The monoisotopic (exact) mass is 279 g/mol. The first-order chi connectivity index (χ1) is 9.65. The summed E-state index contributed by atoms with van der Waals surface area (Å²) in [4.78, 5) is 10.7. The minimum Gasteiger partial charge on any atom is -0.493 e. The normalized spacial score (nSPS) is 11.9. The lowest BCUT2D eigenvalue weighted by Gasteiger charge is -2.15. The Hall–Kier alpha value is -1.75. The number of nitrogens with one attached hydrogen (secondary N) is 1. The summed E-state index contributed by atoms with van der Waals surface area (Å²) in [5, 5.41) is 2.51. The molecule has 0 aliphatic heterocycles. The molecule has 0 radical (unpaired) electrons. The molecule has 1 aromatic rings. The molecule has 0 aliphatic rings. The van der Waals surface area contributed by atoms with Gasteiger partial charge in [0.1, 0.15) is 5.75 Å². The number of primary amides is 1. The summed E-state index contributed by atoms with van der Waals surface area (Å²) in [6.07, 6.45) is 4.76. The second-order valence-electron chi connectivity index (χ2n) is 4.92. The molecule has 112 valence electrons. The minimum atomic E-state index is -0.571. The molecule has 1 rings (SSSR count). The van der Waals surface area contributed by atoms with Crippen LogP contribution in [0.15, 0.2) is 24.3 Å². The van der Waals surface area contributed by atoms with Crippen LogP contribution in [0.1, 0.15) is 32.6 Å². The first kappa shape index (κ1) is 16.3. The number of carbonyl (C=O) groups excluding carboxylic acids is 1. The Bertz CT molecular complexity index is 393. The first-order valence-corrected chi connectivity index (χ1v) is 7.15. The molecule has 0 bridgehead atoms. The fourth-order valence-corrected chi connectivity index (χ4v) is 1.94. The van der Waals surface area contributed by atoms with Gasteiger partial charge < -0.3 is 21.5 Å². The summed E-state index contributed by atoms with van der Waals surface area (Å²) < 4.78 is 5.73. The van der Waals surface area contributed by atoms with Crippen LogP contribution in [-0.4, -0.2) is 19.2 Å². The number of rotatable bonds is 9. The summed E-state index contributed by atoms with van der Waals surface area (Å²) in [6.45, 7) is 3.46. The third kappa shape index (κ3) is 6.43. The van der Waals surface area contributed by atoms with Gasteiger partial charge >= 0.3 is 6.03 Å². The lowest BCUT2D eigenvalue weighted by molar-refractivity contribution is 0.241. The average Bonchev–Trinajstić information content (AvgIpc) is 2.43. The van der Waals surface area contributed by atoms with Gasteiger partial charge in [-0.25, -0.2) is 4.79 Å². The number of urea groups is 1. The fourth-order valence-electron chi connectivity index (χ4n) is 1.94. The molecule has 5 heteroatoms. The molecule has 5 nitrogen and oxygen atoms in total. The molecule has 0 saturated carbocycles. The standard InChI is InChI=1S/C15H25N3O2/c1-2-3-4-5-12(10-16)11-20-14-8-6-13(7-9-14)18-15(17)19/h6-9,12H,2-5,10-11,16H2,1H3,(H3,17,18,19). The van der Waals surface area contributed by atoms with E-state index in [0.717, 1.165) is 12.2 Å². The van der Waals surface area contributed by atoms with Gasteiger partial charge in [0.05, 0.1) is 6.61 Å². The van der Waals surface area contributed by atoms with E-state index in [1.54, 1.807) is 12.1 Å². The predicted molar refractivity (Wildman–Crippen MR) is 81.8 cm³/mol. The van der Waals surface area contributed by atoms with Crippen molar-refractivity contribution in [1.82, 2.24) is 0 Å². The number of anilines is 1. The highest BCUT2D eigenvalue weighted by Crippen LogP contribution is 2.17. The Morgan fingerprint density at radius 1 is 1.30 bits per heavy atom. The first-order valence-electron chi connectivity index (χ1n) is 7.15. The van der Waals surface area contributed by atoms with E-state index in [9.17, 15) is 4.79 Å². The van der Waals surface area contributed by atoms with E-state index >= 15 is 0 Å². The highest BCUT2D eigenvalue weighted by molar-refractivity contribution is 5.87. The number of benzene rings is 1. The van der Waals surface area contributed by atoms with Gasteiger partial charge in [-0.05, 0) is 37.2 Å². The van der Waals surface area contributed by atoms with Crippen LogP contribution in [0.4, 0.5) is 10.5 Å². The molecular formula is C15H25N3O2. The zero-order valence-electron chi connectivity index (χ0n) is 12.1. The fraction of sp³-hybridized carbons (Fsp3) is 0.533. The van der Waals surface area contributed by atoms with Gasteiger partial charge in [0, 0.05) is 11.6 Å². The number of ether oxygens (including phenoxy) is 1. The second kappa shape index (κ2) is 9.20. The lowest BCUT2D eigenvalue weighted by Crippen LogP contribution is -2.21. The van der Waals surface area contributed by atoms with Crippen molar-refractivity contribution in [3.63, 3.8) is 0 Å². The van der Waals surface area contributed by atoms with Crippen molar-refractivity contribution in [2.75, 3.05) is 18.5 Å². The Balaban J connectivity index is 2.37. The molecule has 1 aromatic carbocycles. The van der Waals surface area contributed by atoms with Crippen molar-refractivity contribution in [1.29, 1.82) is 0 Å². The quantitative estimate of drug-likeness (QED) is 0.607. The van der Waals surface area contributed by atoms with Crippen molar-refractivity contribution in [2.45, 2.75) is 32.6 Å². The van der Waals surface area contributed by atoms with Crippen LogP contribution in [0.2, 0.25) is 0 Å². The summed E-state index contributed by atoms with van der Waals surface area (Å²) >= 11 is 0. The maximum absolute atomic E-state index is 10.7. The zero-order valence-corrected chi connectivity index (χ0v) is 12.1. The van der Waals surface area contributed by atoms with Crippen LogP contribution >= 0.6 is 0 Å². The van der Waals surface area contributed by atoms with Crippen LogP contribution < -0.4 is 21.5 Å². The minimum absolute atomic E-state index is 0.393. The second-order valence-corrected chi connectivity index (χ2v) is 4.92. The van der Waals surface area contributed by atoms with Crippen molar-refractivity contribution in [3.8, 4) is 5.75 Å². The van der Waals surface area contributed by atoms with Crippen LogP contribution in [0.5, 0.6) is 5.75 Å². The van der Waals surface area contributed by atoms with E-state index < -0.39 is 6.03 Å². The van der Waals surface area contributed by atoms with Gasteiger partial charge in [-0.2, -0.15) is 0 Å². The molecule has 20 heavy (non-hydrogen) atoms. The molecule has 0 heterocycles. The molecule has 0 aromatic heterocycles. The predicted octanol–water partition coefficient (Wildman–Crippen LogP) is 2.71.